The molecule has 0 bridgehead atoms. The van der Waals surface area contributed by atoms with Gasteiger partial charge in [0.1, 0.15) is 11.6 Å². The minimum absolute atomic E-state index is 0.402. The molecule has 0 aliphatic carbocycles. The number of fused-ring (bicyclic) bond motifs is 1. The number of hydrogen-bond donors (Lipinski definition) is 1. The van der Waals surface area contributed by atoms with Crippen LogP contribution in [0.15, 0.2) is 53.7 Å². The fourth-order valence-corrected chi connectivity index (χ4v) is 2.34. The van der Waals surface area contributed by atoms with E-state index in [-0.39, 0.29) is 0 Å². The Hall–Kier alpha value is -2.27. The lowest BCUT2D eigenvalue weighted by Crippen LogP contribution is -1.97. The van der Waals surface area contributed by atoms with Crippen LogP contribution in [-0.2, 0) is 0 Å². The zero-order chi connectivity index (χ0) is 13.9. The summed E-state index contributed by atoms with van der Waals surface area (Å²) in [5.41, 5.74) is 5.76. The van der Waals surface area contributed by atoms with Crippen molar-refractivity contribution >= 4 is 28.4 Å². The average molecular weight is 283 g/mol. The fourth-order valence-electron chi connectivity index (χ4n) is 1.96. The summed E-state index contributed by atoms with van der Waals surface area (Å²) in [5, 5.41) is 2.76. The molecular formula is C15H13N3OS. The van der Waals surface area contributed by atoms with E-state index >= 15 is 0 Å². The molecule has 0 atom stereocenters. The number of nitrogen functional groups attached to an aromatic ring is 1. The van der Waals surface area contributed by atoms with Crippen LogP contribution in [0.1, 0.15) is 0 Å². The van der Waals surface area contributed by atoms with Gasteiger partial charge in [-0.2, -0.15) is 4.98 Å². The number of rotatable bonds is 3. The Morgan fingerprint density at radius 2 is 1.85 bits per heavy atom. The second kappa shape index (κ2) is 5.38. The van der Waals surface area contributed by atoms with E-state index < -0.39 is 0 Å². The molecule has 0 aliphatic heterocycles. The minimum Gasteiger partial charge on any atom is -0.438 e. The molecule has 20 heavy (non-hydrogen) atoms. The van der Waals surface area contributed by atoms with Crippen LogP contribution in [0.2, 0.25) is 0 Å². The summed E-state index contributed by atoms with van der Waals surface area (Å²) in [5.74, 6) is 1.62. The Balaban J connectivity index is 2.03. The first-order chi connectivity index (χ1) is 9.76. The van der Waals surface area contributed by atoms with Crippen molar-refractivity contribution in [2.24, 2.45) is 0 Å². The van der Waals surface area contributed by atoms with E-state index in [0.717, 1.165) is 16.5 Å². The molecule has 3 rings (SSSR count). The van der Waals surface area contributed by atoms with Crippen molar-refractivity contribution in [3.05, 3.63) is 48.5 Å². The molecule has 2 N–H and O–H groups in total. The summed E-state index contributed by atoms with van der Waals surface area (Å²) in [4.78, 5) is 8.41. The first-order valence-electron chi connectivity index (χ1n) is 6.10. The lowest BCUT2D eigenvalue weighted by Gasteiger charge is -2.09. The molecule has 4 nitrogen and oxygen atoms in total. The van der Waals surface area contributed by atoms with Gasteiger partial charge in [-0.1, -0.05) is 48.2 Å². The number of ether oxygens (including phenoxy) is 1. The molecular weight excluding hydrogens is 270 g/mol. The Morgan fingerprint density at radius 1 is 1.05 bits per heavy atom. The van der Waals surface area contributed by atoms with Gasteiger partial charge in [-0.05, 0) is 17.7 Å². The molecule has 0 radical (unpaired) electrons. The highest BCUT2D eigenvalue weighted by atomic mass is 32.2. The van der Waals surface area contributed by atoms with Crippen LogP contribution >= 0.6 is 11.8 Å². The Labute approximate surface area is 121 Å². The van der Waals surface area contributed by atoms with Gasteiger partial charge in [0.15, 0.2) is 5.16 Å². The van der Waals surface area contributed by atoms with Crippen LogP contribution in [0.5, 0.6) is 11.6 Å². The van der Waals surface area contributed by atoms with Crippen LogP contribution in [0, 0.1) is 0 Å². The maximum Gasteiger partial charge on any atom is 0.225 e. The highest BCUT2D eigenvalue weighted by Gasteiger charge is 2.06. The summed E-state index contributed by atoms with van der Waals surface area (Å²) in [6.45, 7) is 0. The van der Waals surface area contributed by atoms with Gasteiger partial charge in [0.25, 0.3) is 0 Å². The van der Waals surface area contributed by atoms with Gasteiger partial charge >= 0.3 is 0 Å². The molecule has 0 saturated carbocycles. The lowest BCUT2D eigenvalue weighted by molar-refractivity contribution is 0.461. The molecule has 0 fully saturated rings. The maximum atomic E-state index is 5.87. The van der Waals surface area contributed by atoms with E-state index in [1.807, 2.05) is 48.7 Å². The third-order valence-corrected chi connectivity index (χ3v) is 3.40. The predicted molar refractivity (Wildman–Crippen MR) is 82.2 cm³/mol. The number of anilines is 1. The van der Waals surface area contributed by atoms with Crippen molar-refractivity contribution in [2.45, 2.75) is 5.16 Å². The van der Waals surface area contributed by atoms with E-state index in [9.17, 15) is 0 Å². The number of hydrogen-bond acceptors (Lipinski definition) is 5. The lowest BCUT2D eigenvalue weighted by atomic mass is 10.1. The summed E-state index contributed by atoms with van der Waals surface area (Å²) in [6, 6.07) is 15.6. The Bertz CT molecular complexity index is 756. The molecule has 0 amide bonds. The summed E-state index contributed by atoms with van der Waals surface area (Å²) < 4.78 is 5.87. The van der Waals surface area contributed by atoms with E-state index in [0.29, 0.717) is 16.9 Å². The van der Waals surface area contributed by atoms with Gasteiger partial charge in [0.05, 0.1) is 0 Å². The zero-order valence-electron chi connectivity index (χ0n) is 10.9. The first-order valence-corrected chi connectivity index (χ1v) is 7.33. The predicted octanol–water partition coefficient (Wildman–Crippen LogP) is 3.73. The van der Waals surface area contributed by atoms with Crippen LogP contribution in [0.4, 0.5) is 5.82 Å². The van der Waals surface area contributed by atoms with Gasteiger partial charge in [-0.3, -0.25) is 0 Å². The van der Waals surface area contributed by atoms with Crippen molar-refractivity contribution in [2.75, 3.05) is 12.0 Å². The van der Waals surface area contributed by atoms with E-state index in [2.05, 4.69) is 9.97 Å². The average Bonchev–Trinajstić information content (AvgIpc) is 2.47. The topological polar surface area (TPSA) is 61.0 Å². The number of nitrogens with zero attached hydrogens (tertiary/aromatic N) is 2. The van der Waals surface area contributed by atoms with Crippen LogP contribution in [0.3, 0.4) is 0 Å². The summed E-state index contributed by atoms with van der Waals surface area (Å²) in [7, 11) is 0. The monoisotopic (exact) mass is 283 g/mol. The summed E-state index contributed by atoms with van der Waals surface area (Å²) >= 11 is 1.43. The second-order valence-electron chi connectivity index (χ2n) is 4.20. The Kier molecular flexibility index (Phi) is 3.43. The van der Waals surface area contributed by atoms with E-state index in [1.54, 1.807) is 6.07 Å². The van der Waals surface area contributed by atoms with Gasteiger partial charge in [-0.15, -0.1) is 0 Å². The van der Waals surface area contributed by atoms with Crippen molar-refractivity contribution in [3.8, 4) is 11.6 Å². The van der Waals surface area contributed by atoms with Crippen LogP contribution in [-0.4, -0.2) is 16.2 Å². The third-order valence-electron chi connectivity index (χ3n) is 2.85. The maximum absolute atomic E-state index is 5.87. The second-order valence-corrected chi connectivity index (χ2v) is 4.97. The fraction of sp³-hybridized carbons (Fsp3) is 0.0667. The summed E-state index contributed by atoms with van der Waals surface area (Å²) in [6.07, 6.45) is 1.90. The molecule has 1 aromatic heterocycles. The van der Waals surface area contributed by atoms with E-state index in [4.69, 9.17) is 10.5 Å². The highest BCUT2D eigenvalue weighted by Crippen LogP contribution is 2.29. The smallest absolute Gasteiger partial charge is 0.225 e. The minimum atomic E-state index is 0.402. The molecule has 0 aliphatic rings. The third kappa shape index (κ3) is 2.53. The SMILES string of the molecule is CSc1nc(N)cc(Oc2cccc3ccccc23)n1. The quantitative estimate of drug-likeness (QED) is 0.586. The Morgan fingerprint density at radius 3 is 2.70 bits per heavy atom. The first kappa shape index (κ1) is 12.7. The largest absolute Gasteiger partial charge is 0.438 e. The van der Waals surface area contributed by atoms with Crippen molar-refractivity contribution in [3.63, 3.8) is 0 Å². The van der Waals surface area contributed by atoms with Crippen LogP contribution < -0.4 is 10.5 Å². The highest BCUT2D eigenvalue weighted by molar-refractivity contribution is 7.98. The van der Waals surface area contributed by atoms with Gasteiger partial charge in [0, 0.05) is 11.5 Å². The van der Waals surface area contributed by atoms with Crippen molar-refractivity contribution in [1.29, 1.82) is 0 Å². The molecule has 2 aromatic carbocycles. The van der Waals surface area contributed by atoms with E-state index in [1.165, 1.54) is 11.8 Å². The molecule has 100 valence electrons. The van der Waals surface area contributed by atoms with Gasteiger partial charge in [0.2, 0.25) is 5.88 Å². The van der Waals surface area contributed by atoms with Gasteiger partial charge in [-0.25, -0.2) is 4.98 Å². The molecule has 0 unspecified atom stereocenters. The zero-order valence-corrected chi connectivity index (χ0v) is 11.7. The number of nitrogens with two attached hydrogens (primary N) is 1. The van der Waals surface area contributed by atoms with Crippen LogP contribution in [0.25, 0.3) is 10.8 Å². The number of benzene rings is 2. The molecule has 5 heteroatoms. The number of thioether (sulfide) groups is 1. The standard InChI is InChI=1S/C15H13N3OS/c1-20-15-17-13(16)9-14(18-15)19-12-8-4-6-10-5-2-3-7-11(10)12/h2-9H,1H3,(H2,16,17,18). The van der Waals surface area contributed by atoms with Crippen molar-refractivity contribution < 1.29 is 4.74 Å². The molecule has 0 spiro atoms. The van der Waals surface area contributed by atoms with Gasteiger partial charge < -0.3 is 10.5 Å². The molecule has 3 aromatic rings. The number of aromatic nitrogens is 2. The molecule has 1 heterocycles. The normalized spacial score (nSPS) is 10.7. The van der Waals surface area contributed by atoms with Crippen molar-refractivity contribution in [1.82, 2.24) is 9.97 Å². The molecule has 0 saturated heterocycles.